The van der Waals surface area contributed by atoms with Crippen LogP contribution < -0.4 is 16.8 Å². The van der Waals surface area contributed by atoms with E-state index in [0.717, 1.165) is 48.1 Å². The first-order valence-electron chi connectivity index (χ1n) is 10.3. The number of benzene rings is 1. The number of hydrogen-bond acceptors (Lipinski definition) is 8. The van der Waals surface area contributed by atoms with Crippen molar-refractivity contribution in [2.45, 2.75) is 18.9 Å². The van der Waals surface area contributed by atoms with Gasteiger partial charge >= 0.3 is 0 Å². The van der Waals surface area contributed by atoms with Crippen LogP contribution in [0.1, 0.15) is 18.9 Å². The molecule has 0 unspecified atom stereocenters. The first-order valence-corrected chi connectivity index (χ1v) is 10.3. The van der Waals surface area contributed by atoms with Gasteiger partial charge in [0.25, 0.3) is 0 Å². The van der Waals surface area contributed by atoms with Gasteiger partial charge in [-0.2, -0.15) is 10.1 Å². The van der Waals surface area contributed by atoms with E-state index in [-0.39, 0.29) is 5.95 Å². The maximum atomic E-state index is 6.45. The Morgan fingerprint density at radius 3 is 2.77 bits per heavy atom. The Labute approximate surface area is 180 Å². The molecule has 0 spiro atoms. The van der Waals surface area contributed by atoms with E-state index in [1.807, 2.05) is 41.2 Å². The van der Waals surface area contributed by atoms with E-state index >= 15 is 0 Å². The molecule has 4 aromatic rings. The number of nitrogens with one attached hydrogen (secondary N) is 1. The maximum absolute atomic E-state index is 6.45. The third kappa shape index (κ3) is 3.87. The molecule has 0 amide bonds. The van der Waals surface area contributed by atoms with Gasteiger partial charge in [0.1, 0.15) is 11.4 Å². The Hall–Kier alpha value is -3.72. The molecule has 3 aromatic heterocycles. The molecule has 0 aliphatic carbocycles. The molecule has 9 nitrogen and oxygen atoms in total. The van der Waals surface area contributed by atoms with Crippen LogP contribution in [0.3, 0.4) is 0 Å². The number of pyridine rings is 1. The number of piperidine rings is 1. The van der Waals surface area contributed by atoms with Crippen LogP contribution in [0, 0.1) is 0 Å². The topological polar surface area (TPSA) is 124 Å². The van der Waals surface area contributed by atoms with Crippen LogP contribution in [0.2, 0.25) is 0 Å². The summed E-state index contributed by atoms with van der Waals surface area (Å²) in [6.45, 7) is 2.13. The highest BCUT2D eigenvalue weighted by Crippen LogP contribution is 2.33. The van der Waals surface area contributed by atoms with Crippen LogP contribution in [0.25, 0.3) is 22.2 Å². The molecule has 0 saturated carbocycles. The summed E-state index contributed by atoms with van der Waals surface area (Å²) in [7, 11) is 2.15. The summed E-state index contributed by atoms with van der Waals surface area (Å²) in [5.41, 5.74) is 16.1. The minimum Gasteiger partial charge on any atom is -0.394 e. The van der Waals surface area contributed by atoms with Gasteiger partial charge in [-0.3, -0.25) is 9.67 Å². The lowest BCUT2D eigenvalue weighted by Gasteiger charge is -2.28. The molecule has 158 valence electrons. The van der Waals surface area contributed by atoms with Crippen LogP contribution in [0.15, 0.2) is 48.9 Å². The van der Waals surface area contributed by atoms with Crippen molar-refractivity contribution in [3.63, 3.8) is 0 Å². The summed E-state index contributed by atoms with van der Waals surface area (Å²) >= 11 is 0. The number of nitrogens with two attached hydrogens (primary N) is 2. The van der Waals surface area contributed by atoms with Crippen molar-refractivity contribution in [1.29, 1.82) is 0 Å². The molecule has 4 heterocycles. The molecule has 1 aliphatic rings. The van der Waals surface area contributed by atoms with Crippen molar-refractivity contribution in [3.05, 3.63) is 48.9 Å². The second-order valence-electron chi connectivity index (χ2n) is 7.97. The maximum Gasteiger partial charge on any atom is 0.222 e. The Balaban J connectivity index is 1.44. The molecule has 0 atom stereocenters. The lowest BCUT2D eigenvalue weighted by atomic mass is 10.1. The van der Waals surface area contributed by atoms with Gasteiger partial charge in [-0.25, -0.2) is 4.98 Å². The van der Waals surface area contributed by atoms with Gasteiger partial charge in [-0.1, -0.05) is 6.07 Å². The largest absolute Gasteiger partial charge is 0.394 e. The third-order valence-corrected chi connectivity index (χ3v) is 5.77. The molecular formula is C22H25N9. The Morgan fingerprint density at radius 1 is 1.10 bits per heavy atom. The minimum absolute atomic E-state index is 0.154. The van der Waals surface area contributed by atoms with Crippen molar-refractivity contribution in [2.75, 3.05) is 36.9 Å². The fourth-order valence-electron chi connectivity index (χ4n) is 4.01. The second-order valence-corrected chi connectivity index (χ2v) is 7.97. The summed E-state index contributed by atoms with van der Waals surface area (Å²) in [5, 5.41) is 8.87. The second kappa shape index (κ2) is 7.84. The van der Waals surface area contributed by atoms with Crippen LogP contribution >= 0.6 is 0 Å². The van der Waals surface area contributed by atoms with E-state index in [9.17, 15) is 0 Å². The summed E-state index contributed by atoms with van der Waals surface area (Å²) in [6, 6.07) is 10.2. The molecule has 0 bridgehead atoms. The Morgan fingerprint density at radius 2 is 1.94 bits per heavy atom. The van der Waals surface area contributed by atoms with Gasteiger partial charge in [0.05, 0.1) is 17.8 Å². The van der Waals surface area contributed by atoms with Crippen LogP contribution in [-0.2, 0) is 0 Å². The molecule has 0 radical (unpaired) electrons. The van der Waals surface area contributed by atoms with Gasteiger partial charge in [0, 0.05) is 29.0 Å². The van der Waals surface area contributed by atoms with Gasteiger partial charge in [0.15, 0.2) is 5.82 Å². The van der Waals surface area contributed by atoms with Crippen molar-refractivity contribution in [1.82, 2.24) is 29.6 Å². The number of nitrogen functional groups attached to an aromatic ring is 2. The van der Waals surface area contributed by atoms with Crippen molar-refractivity contribution >= 4 is 34.0 Å². The molecule has 5 N–H and O–H groups in total. The molecule has 31 heavy (non-hydrogen) atoms. The monoisotopic (exact) mass is 415 g/mol. The Bertz CT molecular complexity index is 1220. The average Bonchev–Trinajstić information content (AvgIpc) is 3.26. The van der Waals surface area contributed by atoms with Crippen LogP contribution in [0.4, 0.5) is 23.1 Å². The van der Waals surface area contributed by atoms with E-state index in [1.54, 1.807) is 12.4 Å². The van der Waals surface area contributed by atoms with E-state index < -0.39 is 0 Å². The molecule has 5 rings (SSSR count). The zero-order valence-electron chi connectivity index (χ0n) is 17.4. The van der Waals surface area contributed by atoms with Crippen LogP contribution in [-0.4, -0.2) is 49.8 Å². The summed E-state index contributed by atoms with van der Waals surface area (Å²) in [6.07, 6.45) is 7.71. The van der Waals surface area contributed by atoms with Crippen molar-refractivity contribution < 1.29 is 0 Å². The van der Waals surface area contributed by atoms with E-state index in [0.29, 0.717) is 23.2 Å². The van der Waals surface area contributed by atoms with E-state index in [4.69, 9.17) is 11.5 Å². The predicted molar refractivity (Wildman–Crippen MR) is 123 cm³/mol. The molecule has 1 aliphatic heterocycles. The van der Waals surface area contributed by atoms with Gasteiger partial charge < -0.3 is 21.7 Å². The lowest BCUT2D eigenvalue weighted by Crippen LogP contribution is -2.31. The van der Waals surface area contributed by atoms with E-state index in [1.165, 1.54) is 0 Å². The fourth-order valence-corrected chi connectivity index (χ4v) is 4.01. The fraction of sp³-hybridized carbons (Fsp3) is 0.273. The average molecular weight is 416 g/mol. The van der Waals surface area contributed by atoms with Gasteiger partial charge in [0.2, 0.25) is 5.95 Å². The highest BCUT2D eigenvalue weighted by Gasteiger charge is 2.21. The van der Waals surface area contributed by atoms with Crippen molar-refractivity contribution in [2.24, 2.45) is 0 Å². The zero-order valence-corrected chi connectivity index (χ0v) is 17.4. The molecule has 1 aromatic carbocycles. The Kier molecular flexibility index (Phi) is 4.87. The SMILES string of the molecule is CN1CCC(n2cc(-c3nc(N)nc(Nc4ccc5ncccc5c4)c3N)cn2)CC1. The number of rotatable bonds is 4. The predicted octanol–water partition coefficient (Wildman–Crippen LogP) is 3.06. The zero-order chi connectivity index (χ0) is 21.4. The highest BCUT2D eigenvalue weighted by molar-refractivity contribution is 5.86. The minimum atomic E-state index is 0.154. The molecular weight excluding hydrogens is 390 g/mol. The summed E-state index contributed by atoms with van der Waals surface area (Å²) in [4.78, 5) is 15.4. The number of fused-ring (bicyclic) bond motifs is 1. The summed E-state index contributed by atoms with van der Waals surface area (Å²) in [5.74, 6) is 0.624. The number of aromatic nitrogens is 5. The van der Waals surface area contributed by atoms with Gasteiger partial charge in [-0.05, 0) is 57.2 Å². The normalized spacial score (nSPS) is 15.4. The quantitative estimate of drug-likeness (QED) is 0.465. The number of nitrogens with zero attached hydrogens (tertiary/aromatic N) is 6. The first-order chi connectivity index (χ1) is 15.1. The number of likely N-dealkylation sites (tertiary alicyclic amines) is 1. The van der Waals surface area contributed by atoms with Crippen molar-refractivity contribution in [3.8, 4) is 11.3 Å². The molecule has 1 saturated heterocycles. The third-order valence-electron chi connectivity index (χ3n) is 5.77. The smallest absolute Gasteiger partial charge is 0.222 e. The van der Waals surface area contributed by atoms with Crippen LogP contribution in [0.5, 0.6) is 0 Å². The van der Waals surface area contributed by atoms with E-state index in [2.05, 4.69) is 37.3 Å². The first kappa shape index (κ1) is 19.3. The highest BCUT2D eigenvalue weighted by atomic mass is 15.3. The summed E-state index contributed by atoms with van der Waals surface area (Å²) < 4.78 is 2.02. The lowest BCUT2D eigenvalue weighted by molar-refractivity contribution is 0.212. The number of anilines is 4. The standard InChI is InChI=1S/C22H25N9/c1-30-9-6-17(7-10-30)31-13-15(12-26-31)20-19(23)21(29-22(24)28-20)27-16-4-5-18-14(11-16)3-2-8-25-18/h2-5,8,11-13,17H,6-7,9-10,23H2,1H3,(H3,24,27,28,29). The number of hydrogen-bond donors (Lipinski definition) is 3. The molecule has 1 fully saturated rings. The molecule has 9 heteroatoms. The van der Waals surface area contributed by atoms with Gasteiger partial charge in [-0.15, -0.1) is 0 Å².